The second kappa shape index (κ2) is 7.87. The highest BCUT2D eigenvalue weighted by Gasteiger charge is 2.13. The van der Waals surface area contributed by atoms with Gasteiger partial charge in [0.1, 0.15) is 6.61 Å². The highest BCUT2D eigenvalue weighted by molar-refractivity contribution is 6.09. The molecule has 0 aliphatic rings. The molecule has 0 aliphatic heterocycles. The van der Waals surface area contributed by atoms with Crippen LogP contribution in [0.4, 0.5) is 0 Å². The molecule has 3 aromatic rings. The van der Waals surface area contributed by atoms with Gasteiger partial charge in [-0.15, -0.1) is 0 Å². The van der Waals surface area contributed by atoms with Crippen LogP contribution in [-0.4, -0.2) is 20.9 Å². The van der Waals surface area contributed by atoms with E-state index in [2.05, 4.69) is 0 Å². The van der Waals surface area contributed by atoms with E-state index in [0.717, 1.165) is 4.57 Å². The number of rotatable bonds is 5. The van der Waals surface area contributed by atoms with Gasteiger partial charge in [-0.3, -0.25) is 18.7 Å². The molecule has 7 nitrogen and oxygen atoms in total. The Morgan fingerprint density at radius 3 is 2.04 bits per heavy atom. The van der Waals surface area contributed by atoms with Crippen LogP contribution >= 0.6 is 0 Å². The summed E-state index contributed by atoms with van der Waals surface area (Å²) in [4.78, 5) is 48.2. The maximum absolute atomic E-state index is 12.4. The van der Waals surface area contributed by atoms with Crippen molar-refractivity contribution in [1.29, 1.82) is 0 Å². The maximum Gasteiger partial charge on any atom is 0.338 e. The first-order chi connectivity index (χ1) is 13.4. The molecular formula is C21H18N2O5. The number of hydrogen-bond acceptors (Lipinski definition) is 5. The average Bonchev–Trinajstić information content (AvgIpc) is 2.73. The van der Waals surface area contributed by atoms with Gasteiger partial charge in [0.2, 0.25) is 0 Å². The fourth-order valence-corrected chi connectivity index (χ4v) is 2.65. The minimum atomic E-state index is -0.619. The summed E-state index contributed by atoms with van der Waals surface area (Å²) in [6, 6.07) is 16.2. The van der Waals surface area contributed by atoms with E-state index in [0.29, 0.717) is 11.1 Å². The van der Waals surface area contributed by atoms with Gasteiger partial charge in [0.15, 0.2) is 5.78 Å². The number of esters is 1. The Hall–Kier alpha value is -3.74. The molecule has 3 rings (SSSR count). The molecule has 0 spiro atoms. The smallest absolute Gasteiger partial charge is 0.338 e. The Balaban J connectivity index is 1.71. The van der Waals surface area contributed by atoms with Gasteiger partial charge in [-0.2, -0.15) is 0 Å². The van der Waals surface area contributed by atoms with Crippen molar-refractivity contribution in [2.24, 2.45) is 14.1 Å². The average molecular weight is 378 g/mol. The number of carbonyl (C=O) groups is 2. The number of carbonyl (C=O) groups excluding carboxylic acids is 2. The van der Waals surface area contributed by atoms with Crippen LogP contribution in [0.15, 0.2) is 70.3 Å². The predicted octanol–water partition coefficient (Wildman–Crippen LogP) is 1.67. The molecule has 0 saturated heterocycles. The van der Waals surface area contributed by atoms with E-state index in [1.807, 2.05) is 6.07 Å². The summed E-state index contributed by atoms with van der Waals surface area (Å²) in [5.41, 5.74) is 0.595. The van der Waals surface area contributed by atoms with E-state index in [-0.39, 0.29) is 23.6 Å². The summed E-state index contributed by atoms with van der Waals surface area (Å²) in [7, 11) is 2.87. The van der Waals surface area contributed by atoms with Crippen LogP contribution < -0.4 is 11.2 Å². The van der Waals surface area contributed by atoms with Gasteiger partial charge in [0.05, 0.1) is 11.3 Å². The summed E-state index contributed by atoms with van der Waals surface area (Å²) in [5, 5.41) is 0. The van der Waals surface area contributed by atoms with E-state index in [4.69, 9.17) is 4.74 Å². The molecule has 0 atom stereocenters. The van der Waals surface area contributed by atoms with Gasteiger partial charge >= 0.3 is 11.7 Å². The lowest BCUT2D eigenvalue weighted by atomic mass is 10.0. The molecule has 2 aromatic carbocycles. The van der Waals surface area contributed by atoms with Crippen molar-refractivity contribution >= 4 is 11.8 Å². The number of nitrogens with zero attached hydrogens (tertiary/aromatic N) is 2. The lowest BCUT2D eigenvalue weighted by Crippen LogP contribution is -2.38. The highest BCUT2D eigenvalue weighted by Crippen LogP contribution is 2.12. The summed E-state index contributed by atoms with van der Waals surface area (Å²) < 4.78 is 7.41. The van der Waals surface area contributed by atoms with E-state index in [1.165, 1.54) is 36.9 Å². The third kappa shape index (κ3) is 3.83. The van der Waals surface area contributed by atoms with Crippen molar-refractivity contribution in [2.75, 3.05) is 0 Å². The topological polar surface area (TPSA) is 87.4 Å². The molecule has 142 valence electrons. The Labute approximate surface area is 160 Å². The zero-order valence-electron chi connectivity index (χ0n) is 15.4. The van der Waals surface area contributed by atoms with Crippen LogP contribution in [0.2, 0.25) is 0 Å². The van der Waals surface area contributed by atoms with Gasteiger partial charge < -0.3 is 4.74 Å². The zero-order chi connectivity index (χ0) is 20.3. The molecule has 1 aromatic heterocycles. The molecule has 0 fully saturated rings. The van der Waals surface area contributed by atoms with E-state index in [9.17, 15) is 19.2 Å². The van der Waals surface area contributed by atoms with E-state index >= 15 is 0 Å². The summed E-state index contributed by atoms with van der Waals surface area (Å²) >= 11 is 0. The first-order valence-electron chi connectivity index (χ1n) is 8.51. The van der Waals surface area contributed by atoms with Crippen molar-refractivity contribution in [1.82, 2.24) is 9.13 Å². The number of ketones is 1. The number of ether oxygens (including phenoxy) is 1. The third-order valence-electron chi connectivity index (χ3n) is 4.40. The molecule has 7 heteroatoms. The fourth-order valence-electron chi connectivity index (χ4n) is 2.65. The minimum Gasteiger partial charge on any atom is -0.456 e. The second-order valence-corrected chi connectivity index (χ2v) is 6.22. The molecule has 0 unspecified atom stereocenters. The lowest BCUT2D eigenvalue weighted by Gasteiger charge is -2.10. The van der Waals surface area contributed by atoms with Gasteiger partial charge in [0, 0.05) is 31.3 Å². The predicted molar refractivity (Wildman–Crippen MR) is 102 cm³/mol. The van der Waals surface area contributed by atoms with Gasteiger partial charge in [-0.25, -0.2) is 9.59 Å². The summed E-state index contributed by atoms with van der Waals surface area (Å²) in [6.45, 7) is -0.217. The zero-order valence-corrected chi connectivity index (χ0v) is 15.4. The van der Waals surface area contributed by atoms with Gasteiger partial charge in [0.25, 0.3) is 5.56 Å². The largest absolute Gasteiger partial charge is 0.456 e. The first-order valence-corrected chi connectivity index (χ1v) is 8.51. The second-order valence-electron chi connectivity index (χ2n) is 6.22. The van der Waals surface area contributed by atoms with Crippen LogP contribution in [0.3, 0.4) is 0 Å². The van der Waals surface area contributed by atoms with E-state index < -0.39 is 17.2 Å². The quantitative estimate of drug-likeness (QED) is 0.498. The van der Waals surface area contributed by atoms with Gasteiger partial charge in [-0.05, 0) is 12.1 Å². The van der Waals surface area contributed by atoms with E-state index in [1.54, 1.807) is 36.4 Å². The molecule has 0 N–H and O–H groups in total. The fraction of sp³-hybridized carbons (Fsp3) is 0.143. The Bertz CT molecular complexity index is 1140. The normalized spacial score (nSPS) is 10.5. The van der Waals surface area contributed by atoms with Gasteiger partial charge in [-0.1, -0.05) is 42.5 Å². The molecule has 0 amide bonds. The Kier molecular flexibility index (Phi) is 5.35. The number of hydrogen-bond donors (Lipinski definition) is 0. The minimum absolute atomic E-state index is 0.143. The van der Waals surface area contributed by atoms with Crippen LogP contribution in [0.5, 0.6) is 0 Å². The summed E-state index contributed by atoms with van der Waals surface area (Å²) in [5.74, 6) is -0.762. The maximum atomic E-state index is 12.4. The standard InChI is InChI=1S/C21H18N2O5/c1-22-17(12-18(24)23(2)21(22)27)13-28-20(26)16-10-8-15(9-11-16)19(25)14-6-4-3-5-7-14/h3-12H,13H2,1-2H3. The van der Waals surface area contributed by atoms with Crippen molar-refractivity contribution in [2.45, 2.75) is 6.61 Å². The molecule has 1 heterocycles. The molecule has 0 radical (unpaired) electrons. The lowest BCUT2D eigenvalue weighted by molar-refractivity contribution is 0.0462. The van der Waals surface area contributed by atoms with Crippen LogP contribution in [0.25, 0.3) is 0 Å². The Morgan fingerprint density at radius 1 is 0.821 bits per heavy atom. The van der Waals surface area contributed by atoms with Crippen LogP contribution in [0, 0.1) is 0 Å². The van der Waals surface area contributed by atoms with Crippen LogP contribution in [-0.2, 0) is 25.4 Å². The summed E-state index contributed by atoms with van der Waals surface area (Å²) in [6.07, 6.45) is 0. The highest BCUT2D eigenvalue weighted by atomic mass is 16.5. The molecular weight excluding hydrogens is 360 g/mol. The van der Waals surface area contributed by atoms with Crippen molar-refractivity contribution in [3.63, 3.8) is 0 Å². The van der Waals surface area contributed by atoms with Crippen molar-refractivity contribution in [3.05, 3.63) is 104 Å². The SMILES string of the molecule is Cn1c(COC(=O)c2ccc(C(=O)c3ccccc3)cc2)cc(=O)n(C)c1=O. The van der Waals surface area contributed by atoms with Crippen molar-refractivity contribution < 1.29 is 14.3 Å². The molecule has 0 saturated carbocycles. The van der Waals surface area contributed by atoms with Crippen molar-refractivity contribution in [3.8, 4) is 0 Å². The first kappa shape index (κ1) is 19.0. The third-order valence-corrected chi connectivity index (χ3v) is 4.40. The molecule has 28 heavy (non-hydrogen) atoms. The molecule has 0 aliphatic carbocycles. The monoisotopic (exact) mass is 378 g/mol. The number of aromatic nitrogens is 2. The molecule has 0 bridgehead atoms. The van der Waals surface area contributed by atoms with Crippen LogP contribution in [0.1, 0.15) is 32.0 Å². The Morgan fingerprint density at radius 2 is 1.39 bits per heavy atom. The number of benzene rings is 2.